The number of benzene rings is 1. The number of aromatic nitrogens is 2. The minimum absolute atomic E-state index is 0. The maximum absolute atomic E-state index is 12.5. The number of rotatable bonds is 7. The van der Waals surface area contributed by atoms with Crippen molar-refractivity contribution in [3.63, 3.8) is 0 Å². The van der Waals surface area contributed by atoms with Crippen LogP contribution in [0.1, 0.15) is 17.1 Å². The van der Waals surface area contributed by atoms with Gasteiger partial charge in [-0.2, -0.15) is 0 Å². The summed E-state index contributed by atoms with van der Waals surface area (Å²) < 4.78 is 0. The van der Waals surface area contributed by atoms with Gasteiger partial charge in [0.05, 0.1) is 31.1 Å². The summed E-state index contributed by atoms with van der Waals surface area (Å²) in [6.07, 6.45) is 2.17. The number of aromatic amines is 1. The lowest BCUT2D eigenvalue weighted by atomic mass is 10.1. The van der Waals surface area contributed by atoms with Crippen molar-refractivity contribution in [1.29, 1.82) is 0 Å². The van der Waals surface area contributed by atoms with Crippen LogP contribution in [0.4, 0.5) is 0 Å². The Balaban J connectivity index is 0.00000264. The Morgan fingerprint density at radius 3 is 2.54 bits per heavy atom. The number of aliphatic hydroxyl groups excluding tert-OH is 1. The number of carbonyl (C=O) groups excluding carboxylic acids is 1. The molecule has 0 aliphatic heterocycles. The lowest BCUT2D eigenvalue weighted by Crippen LogP contribution is -2.45. The topological polar surface area (TPSA) is 95.2 Å². The second-order valence-electron chi connectivity index (χ2n) is 5.27. The van der Waals surface area contributed by atoms with Gasteiger partial charge in [0, 0.05) is 6.54 Å². The standard InChI is InChI=1S/C16H22N4O2.2ClH/c1-12-18-10-14(19-12)11-20(7-8-21)16(22)15(17)9-13-5-3-2-4-6-13;;/h2-6,10,15,21H,7-9,11,17H2,1H3,(H,18,19);2*1H/t15-;;/m1../s1. The first-order chi connectivity index (χ1) is 10.6. The number of hydrogen-bond acceptors (Lipinski definition) is 4. The Bertz CT molecular complexity index is 607. The maximum Gasteiger partial charge on any atom is 0.240 e. The Hall–Kier alpha value is -1.60. The smallest absolute Gasteiger partial charge is 0.240 e. The van der Waals surface area contributed by atoms with Gasteiger partial charge in [-0.3, -0.25) is 4.79 Å². The van der Waals surface area contributed by atoms with Gasteiger partial charge in [0.1, 0.15) is 5.82 Å². The van der Waals surface area contributed by atoms with Crippen LogP contribution in [0.2, 0.25) is 0 Å². The number of halogens is 2. The van der Waals surface area contributed by atoms with E-state index >= 15 is 0 Å². The molecule has 2 aromatic rings. The highest BCUT2D eigenvalue weighted by atomic mass is 35.5. The van der Waals surface area contributed by atoms with Crippen molar-refractivity contribution < 1.29 is 9.90 Å². The number of H-pyrrole nitrogens is 1. The Labute approximate surface area is 154 Å². The molecule has 1 atom stereocenters. The number of amides is 1. The number of nitrogens with one attached hydrogen (secondary N) is 1. The highest BCUT2D eigenvalue weighted by Gasteiger charge is 2.21. The zero-order valence-electron chi connectivity index (χ0n) is 13.5. The first-order valence-corrected chi connectivity index (χ1v) is 7.29. The summed E-state index contributed by atoms with van der Waals surface area (Å²) in [6, 6.07) is 9.04. The van der Waals surface area contributed by atoms with Crippen molar-refractivity contribution >= 4 is 30.7 Å². The zero-order chi connectivity index (χ0) is 15.9. The van der Waals surface area contributed by atoms with Gasteiger partial charge < -0.3 is 20.7 Å². The van der Waals surface area contributed by atoms with E-state index in [9.17, 15) is 9.90 Å². The monoisotopic (exact) mass is 374 g/mol. The molecule has 0 bridgehead atoms. The molecule has 0 spiro atoms. The van der Waals surface area contributed by atoms with Crippen LogP contribution in [0.3, 0.4) is 0 Å². The van der Waals surface area contributed by atoms with Crippen molar-refractivity contribution in [2.75, 3.05) is 13.2 Å². The summed E-state index contributed by atoms with van der Waals surface area (Å²) in [4.78, 5) is 21.3. The number of nitrogens with two attached hydrogens (primary N) is 1. The van der Waals surface area contributed by atoms with E-state index in [1.165, 1.54) is 0 Å². The van der Waals surface area contributed by atoms with Gasteiger partial charge in [0.15, 0.2) is 0 Å². The molecule has 24 heavy (non-hydrogen) atoms. The Morgan fingerprint density at radius 2 is 2.00 bits per heavy atom. The van der Waals surface area contributed by atoms with Gasteiger partial charge in [0.25, 0.3) is 0 Å². The van der Waals surface area contributed by atoms with Gasteiger partial charge in [0.2, 0.25) is 5.91 Å². The number of imidazole rings is 1. The predicted molar refractivity (Wildman–Crippen MR) is 98.4 cm³/mol. The van der Waals surface area contributed by atoms with Crippen LogP contribution in [-0.2, 0) is 17.8 Å². The average molecular weight is 375 g/mol. The average Bonchev–Trinajstić information content (AvgIpc) is 2.92. The van der Waals surface area contributed by atoms with E-state index in [-0.39, 0.29) is 43.9 Å². The lowest BCUT2D eigenvalue weighted by Gasteiger charge is -2.24. The van der Waals surface area contributed by atoms with E-state index in [1.807, 2.05) is 37.3 Å². The normalized spacial score (nSPS) is 11.1. The van der Waals surface area contributed by atoms with E-state index in [2.05, 4.69) is 9.97 Å². The highest BCUT2D eigenvalue weighted by Crippen LogP contribution is 2.08. The minimum atomic E-state index is -0.627. The van der Waals surface area contributed by atoms with Crippen molar-refractivity contribution in [2.45, 2.75) is 25.9 Å². The van der Waals surface area contributed by atoms with Gasteiger partial charge in [-0.15, -0.1) is 24.8 Å². The highest BCUT2D eigenvalue weighted by molar-refractivity contribution is 5.85. The Morgan fingerprint density at radius 1 is 1.33 bits per heavy atom. The summed E-state index contributed by atoms with van der Waals surface area (Å²) in [5.74, 6) is 0.616. The molecule has 0 fully saturated rings. The van der Waals surface area contributed by atoms with E-state index in [1.54, 1.807) is 11.1 Å². The number of aryl methyl sites for hydroxylation is 1. The quantitative estimate of drug-likeness (QED) is 0.683. The molecule has 4 N–H and O–H groups in total. The van der Waals surface area contributed by atoms with Crippen molar-refractivity contribution in [2.24, 2.45) is 5.73 Å². The number of hydrogen-bond donors (Lipinski definition) is 3. The van der Waals surface area contributed by atoms with Crippen LogP contribution in [0.15, 0.2) is 36.5 Å². The van der Waals surface area contributed by atoms with Crippen LogP contribution in [-0.4, -0.2) is 45.1 Å². The van der Waals surface area contributed by atoms with E-state index in [0.717, 1.165) is 17.1 Å². The van der Waals surface area contributed by atoms with Crippen molar-refractivity contribution in [1.82, 2.24) is 14.9 Å². The third kappa shape index (κ3) is 6.49. The van der Waals surface area contributed by atoms with E-state index in [0.29, 0.717) is 13.0 Å². The van der Waals surface area contributed by atoms with Crippen molar-refractivity contribution in [3.05, 3.63) is 53.6 Å². The molecular weight excluding hydrogens is 351 g/mol. The zero-order valence-corrected chi connectivity index (χ0v) is 15.1. The summed E-state index contributed by atoms with van der Waals surface area (Å²) in [6.45, 7) is 2.36. The molecule has 0 saturated carbocycles. The first-order valence-electron chi connectivity index (χ1n) is 7.29. The Kier molecular flexibility index (Phi) is 10.3. The van der Waals surface area contributed by atoms with Gasteiger partial charge >= 0.3 is 0 Å². The lowest BCUT2D eigenvalue weighted by molar-refractivity contribution is -0.133. The summed E-state index contributed by atoms with van der Waals surface area (Å²) in [7, 11) is 0. The van der Waals surface area contributed by atoms with Crippen LogP contribution in [0.25, 0.3) is 0 Å². The molecule has 1 aromatic carbocycles. The fourth-order valence-electron chi connectivity index (χ4n) is 2.34. The third-order valence-corrected chi connectivity index (χ3v) is 3.41. The fraction of sp³-hybridized carbons (Fsp3) is 0.375. The molecular formula is C16H24Cl2N4O2. The molecule has 134 valence electrons. The third-order valence-electron chi connectivity index (χ3n) is 3.41. The van der Waals surface area contributed by atoms with Gasteiger partial charge in [-0.25, -0.2) is 4.98 Å². The molecule has 0 saturated heterocycles. The molecule has 1 aromatic heterocycles. The van der Waals surface area contributed by atoms with Crippen LogP contribution in [0, 0.1) is 6.92 Å². The number of aliphatic hydroxyl groups is 1. The van der Waals surface area contributed by atoms with E-state index in [4.69, 9.17) is 5.73 Å². The molecule has 0 aliphatic rings. The maximum atomic E-state index is 12.5. The molecule has 8 heteroatoms. The second-order valence-corrected chi connectivity index (χ2v) is 5.27. The first kappa shape index (κ1) is 22.4. The van der Waals surface area contributed by atoms with Crippen LogP contribution >= 0.6 is 24.8 Å². The largest absolute Gasteiger partial charge is 0.395 e. The summed E-state index contributed by atoms with van der Waals surface area (Å²) >= 11 is 0. The van der Waals surface area contributed by atoms with Gasteiger partial charge in [-0.05, 0) is 18.9 Å². The SMILES string of the molecule is Cc1ncc(CN(CCO)C(=O)[C@H](N)Cc2ccccc2)[nH]1.Cl.Cl. The fourth-order valence-corrected chi connectivity index (χ4v) is 2.34. The van der Waals surface area contributed by atoms with Crippen LogP contribution in [0.5, 0.6) is 0 Å². The molecule has 1 amide bonds. The second kappa shape index (κ2) is 11.0. The van der Waals surface area contributed by atoms with Gasteiger partial charge in [-0.1, -0.05) is 30.3 Å². The molecule has 0 radical (unpaired) electrons. The molecule has 0 unspecified atom stereocenters. The van der Waals surface area contributed by atoms with Crippen molar-refractivity contribution in [3.8, 4) is 0 Å². The number of carbonyl (C=O) groups is 1. The minimum Gasteiger partial charge on any atom is -0.395 e. The summed E-state index contributed by atoms with van der Waals surface area (Å²) in [5.41, 5.74) is 7.88. The predicted octanol–water partition coefficient (Wildman–Crippen LogP) is 1.45. The molecule has 2 rings (SSSR count). The van der Waals surface area contributed by atoms with Crippen LogP contribution < -0.4 is 5.73 Å². The molecule has 6 nitrogen and oxygen atoms in total. The summed E-state index contributed by atoms with van der Waals surface area (Å²) in [5, 5.41) is 9.18. The van der Waals surface area contributed by atoms with E-state index < -0.39 is 6.04 Å². The molecule has 0 aliphatic carbocycles. The number of nitrogens with zero attached hydrogens (tertiary/aromatic N) is 2. The molecule has 1 heterocycles.